The number of hydrogen-bond donors (Lipinski definition) is 2. The van der Waals surface area contributed by atoms with Crippen molar-refractivity contribution in [1.29, 1.82) is 0 Å². The van der Waals surface area contributed by atoms with Crippen LogP contribution in [-0.2, 0) is 6.54 Å². The number of aliphatic hydroxyl groups excluding tert-OH is 1. The van der Waals surface area contributed by atoms with Crippen LogP contribution >= 0.6 is 11.6 Å². The Hall–Kier alpha value is -3.37. The molecule has 0 atom stereocenters. The molecule has 0 aliphatic heterocycles. The molecule has 0 unspecified atom stereocenters. The Labute approximate surface area is 174 Å². The first-order valence-electron chi connectivity index (χ1n) is 9.20. The van der Waals surface area contributed by atoms with Crippen LogP contribution in [0.4, 0.5) is 11.4 Å². The van der Waals surface area contributed by atoms with Gasteiger partial charge in [0.2, 0.25) is 0 Å². The lowest BCUT2D eigenvalue weighted by molar-refractivity contribution is 0.414. The maximum atomic E-state index is 9.85. The molecular formula is C24H21ClN2O2. The lowest BCUT2D eigenvalue weighted by atomic mass is 10.1. The van der Waals surface area contributed by atoms with Gasteiger partial charge in [0.25, 0.3) is 0 Å². The van der Waals surface area contributed by atoms with Gasteiger partial charge >= 0.3 is 0 Å². The smallest absolute Gasteiger partial charge is 0.118 e. The van der Waals surface area contributed by atoms with E-state index in [1.807, 2.05) is 24.3 Å². The zero-order valence-corrected chi connectivity index (χ0v) is 16.8. The molecule has 0 saturated carbocycles. The highest BCUT2D eigenvalue weighted by Crippen LogP contribution is 2.30. The van der Waals surface area contributed by atoms with E-state index in [2.05, 4.69) is 53.0 Å². The first-order valence-corrected chi connectivity index (χ1v) is 9.58. The van der Waals surface area contributed by atoms with Gasteiger partial charge < -0.3 is 19.7 Å². The number of aromatic nitrogens is 1. The summed E-state index contributed by atoms with van der Waals surface area (Å²) in [4.78, 5) is 0. The van der Waals surface area contributed by atoms with Gasteiger partial charge in [0.15, 0.2) is 0 Å². The van der Waals surface area contributed by atoms with Gasteiger partial charge in [-0.05, 0) is 60.2 Å². The molecule has 4 aromatic rings. The van der Waals surface area contributed by atoms with Gasteiger partial charge in [0.05, 0.1) is 7.11 Å². The van der Waals surface area contributed by atoms with Crippen molar-refractivity contribution in [2.45, 2.75) is 6.54 Å². The second-order valence-corrected chi connectivity index (χ2v) is 7.26. The number of halogens is 1. The van der Waals surface area contributed by atoms with E-state index in [0.29, 0.717) is 10.6 Å². The van der Waals surface area contributed by atoms with Crippen LogP contribution in [-0.4, -0.2) is 16.8 Å². The molecule has 5 heteroatoms. The number of nitrogens with zero attached hydrogens (tertiary/aromatic N) is 1. The summed E-state index contributed by atoms with van der Waals surface area (Å²) in [6, 6.07) is 21.7. The molecule has 1 aromatic heterocycles. The van der Waals surface area contributed by atoms with E-state index in [1.165, 1.54) is 5.56 Å². The topological polar surface area (TPSA) is 46.4 Å². The molecule has 3 aromatic carbocycles. The monoisotopic (exact) mass is 404 g/mol. The van der Waals surface area contributed by atoms with Crippen molar-refractivity contribution in [2.24, 2.45) is 0 Å². The van der Waals surface area contributed by atoms with Crippen LogP contribution in [0.2, 0.25) is 5.02 Å². The van der Waals surface area contributed by atoms with E-state index in [-0.39, 0.29) is 5.76 Å². The summed E-state index contributed by atoms with van der Waals surface area (Å²) in [5, 5.41) is 14.9. The van der Waals surface area contributed by atoms with Crippen LogP contribution in [0.1, 0.15) is 11.1 Å². The van der Waals surface area contributed by atoms with Crippen molar-refractivity contribution in [1.82, 2.24) is 4.57 Å². The molecule has 2 N–H and O–H groups in total. The Morgan fingerprint density at radius 3 is 2.59 bits per heavy atom. The number of hydrogen-bond acceptors (Lipinski definition) is 3. The Morgan fingerprint density at radius 2 is 1.86 bits per heavy atom. The van der Waals surface area contributed by atoms with Crippen LogP contribution in [0, 0.1) is 0 Å². The normalized spacial score (nSPS) is 10.8. The van der Waals surface area contributed by atoms with Gasteiger partial charge in [-0.3, -0.25) is 0 Å². The largest absolute Gasteiger partial charge is 0.508 e. The number of nitrogens with one attached hydrogen (secondary N) is 1. The summed E-state index contributed by atoms with van der Waals surface area (Å²) in [5.41, 5.74) is 4.60. The highest BCUT2D eigenvalue weighted by Gasteiger charge is 2.08. The molecule has 0 radical (unpaired) electrons. The molecule has 0 aliphatic carbocycles. The fourth-order valence-electron chi connectivity index (χ4n) is 3.36. The maximum absolute atomic E-state index is 9.85. The quantitative estimate of drug-likeness (QED) is 0.355. The lowest BCUT2D eigenvalue weighted by Crippen LogP contribution is -1.98. The number of anilines is 2. The first kappa shape index (κ1) is 19.0. The standard InChI is InChI=1S/C24H21ClN2O2/c1-16(28)22-14-19(25)5-9-23(22)26-20-6-10-24-18(13-20)11-12-27(24)15-17-3-7-21(29-2)8-4-17/h3-14,26,28H,1,15H2,2H3. The molecule has 0 fully saturated rings. The van der Waals surface area contributed by atoms with E-state index in [4.69, 9.17) is 16.3 Å². The molecule has 0 saturated heterocycles. The molecule has 0 bridgehead atoms. The van der Waals surface area contributed by atoms with Gasteiger partial charge in [0, 0.05) is 45.6 Å². The third kappa shape index (κ3) is 4.08. The molecule has 0 amide bonds. The average Bonchev–Trinajstić information content (AvgIpc) is 3.12. The molecular weight excluding hydrogens is 384 g/mol. The molecule has 1 heterocycles. The van der Waals surface area contributed by atoms with Gasteiger partial charge in [-0.15, -0.1) is 0 Å². The molecule has 146 valence electrons. The summed E-state index contributed by atoms with van der Waals surface area (Å²) in [5.74, 6) is 0.829. The third-order valence-electron chi connectivity index (χ3n) is 4.85. The molecule has 4 rings (SSSR count). The predicted molar refractivity (Wildman–Crippen MR) is 120 cm³/mol. The van der Waals surface area contributed by atoms with Crippen molar-refractivity contribution < 1.29 is 9.84 Å². The molecule has 0 aliphatic rings. The predicted octanol–water partition coefficient (Wildman–Crippen LogP) is 6.62. The highest BCUT2D eigenvalue weighted by atomic mass is 35.5. The van der Waals surface area contributed by atoms with Gasteiger partial charge in [-0.1, -0.05) is 30.3 Å². The number of ether oxygens (including phenoxy) is 1. The number of aliphatic hydroxyl groups is 1. The number of rotatable bonds is 6. The van der Waals surface area contributed by atoms with Crippen LogP contribution < -0.4 is 10.1 Å². The second kappa shape index (κ2) is 7.94. The molecule has 4 nitrogen and oxygen atoms in total. The molecule has 0 spiro atoms. The minimum Gasteiger partial charge on any atom is -0.508 e. The van der Waals surface area contributed by atoms with Crippen molar-refractivity contribution in [2.75, 3.05) is 12.4 Å². The second-order valence-electron chi connectivity index (χ2n) is 6.83. The Morgan fingerprint density at radius 1 is 1.07 bits per heavy atom. The lowest BCUT2D eigenvalue weighted by Gasteiger charge is -2.12. The minimum absolute atomic E-state index is 0.0262. The summed E-state index contributed by atoms with van der Waals surface area (Å²) < 4.78 is 7.44. The first-order chi connectivity index (χ1) is 14.0. The van der Waals surface area contributed by atoms with Crippen LogP contribution in [0.25, 0.3) is 16.7 Å². The van der Waals surface area contributed by atoms with E-state index < -0.39 is 0 Å². The summed E-state index contributed by atoms with van der Waals surface area (Å²) in [7, 11) is 1.67. The summed E-state index contributed by atoms with van der Waals surface area (Å²) >= 11 is 6.04. The van der Waals surface area contributed by atoms with Crippen molar-refractivity contribution in [3.8, 4) is 5.75 Å². The summed E-state index contributed by atoms with van der Waals surface area (Å²) in [6.07, 6.45) is 2.09. The number of benzene rings is 3. The van der Waals surface area contributed by atoms with Gasteiger partial charge in [-0.2, -0.15) is 0 Å². The van der Waals surface area contributed by atoms with Crippen molar-refractivity contribution >= 4 is 39.6 Å². The van der Waals surface area contributed by atoms with E-state index in [9.17, 15) is 5.11 Å². The molecule has 29 heavy (non-hydrogen) atoms. The maximum Gasteiger partial charge on any atom is 0.118 e. The van der Waals surface area contributed by atoms with Crippen LogP contribution in [0.15, 0.2) is 79.5 Å². The summed E-state index contributed by atoms with van der Waals surface area (Å²) in [6.45, 7) is 4.40. The number of methoxy groups -OCH3 is 1. The fraction of sp³-hybridized carbons (Fsp3) is 0.0833. The van der Waals surface area contributed by atoms with Crippen molar-refractivity contribution in [3.63, 3.8) is 0 Å². The zero-order chi connectivity index (χ0) is 20.4. The van der Waals surface area contributed by atoms with E-state index in [1.54, 1.807) is 19.2 Å². The average molecular weight is 405 g/mol. The van der Waals surface area contributed by atoms with E-state index in [0.717, 1.165) is 34.6 Å². The third-order valence-corrected chi connectivity index (χ3v) is 5.09. The fourth-order valence-corrected chi connectivity index (χ4v) is 3.54. The van der Waals surface area contributed by atoms with Crippen LogP contribution in [0.5, 0.6) is 5.75 Å². The van der Waals surface area contributed by atoms with Gasteiger partial charge in [-0.25, -0.2) is 0 Å². The zero-order valence-electron chi connectivity index (χ0n) is 16.0. The number of fused-ring (bicyclic) bond motifs is 1. The van der Waals surface area contributed by atoms with Crippen LogP contribution in [0.3, 0.4) is 0 Å². The Bertz CT molecular complexity index is 1180. The SMILES string of the molecule is C=C(O)c1cc(Cl)ccc1Nc1ccc2c(ccn2Cc2ccc(OC)cc2)c1. The van der Waals surface area contributed by atoms with Gasteiger partial charge in [0.1, 0.15) is 11.5 Å². The minimum atomic E-state index is -0.0262. The van der Waals surface area contributed by atoms with E-state index >= 15 is 0 Å². The highest BCUT2D eigenvalue weighted by molar-refractivity contribution is 6.30. The van der Waals surface area contributed by atoms with Crippen molar-refractivity contribution in [3.05, 3.63) is 95.7 Å². The Kier molecular flexibility index (Phi) is 5.19. The Balaban J connectivity index is 1.59.